The van der Waals surface area contributed by atoms with Crippen molar-refractivity contribution in [2.24, 2.45) is 0 Å². The molecule has 1 N–H and O–H groups in total. The van der Waals surface area contributed by atoms with Gasteiger partial charge < -0.3 is 10.1 Å². The molecule has 3 aromatic heterocycles. The first kappa shape index (κ1) is 16.5. The number of hydrogen-bond acceptors (Lipinski definition) is 6. The number of aromatic nitrogens is 3. The molecule has 0 fully saturated rings. The van der Waals surface area contributed by atoms with E-state index in [4.69, 9.17) is 4.74 Å². The van der Waals surface area contributed by atoms with Gasteiger partial charge >= 0.3 is 0 Å². The number of pyridine rings is 1. The maximum atomic E-state index is 5.26. The van der Waals surface area contributed by atoms with Crippen LogP contribution < -0.4 is 10.1 Å². The number of benzene rings is 1. The third kappa shape index (κ3) is 3.23. The number of nitrogens with one attached hydrogen (secondary N) is 1. The van der Waals surface area contributed by atoms with Gasteiger partial charge in [0.25, 0.3) is 0 Å². The molecular weight excluding hydrogens is 344 g/mol. The summed E-state index contributed by atoms with van der Waals surface area (Å²) < 4.78 is 5.26. The van der Waals surface area contributed by atoms with Gasteiger partial charge in [-0.05, 0) is 42.3 Å². The lowest BCUT2D eigenvalue weighted by Gasteiger charge is -2.10. The van der Waals surface area contributed by atoms with E-state index in [0.717, 1.165) is 44.3 Å². The minimum Gasteiger partial charge on any atom is -0.497 e. The Morgan fingerprint density at radius 2 is 1.81 bits per heavy atom. The fourth-order valence-corrected chi connectivity index (χ4v) is 3.84. The molecule has 0 aliphatic rings. The van der Waals surface area contributed by atoms with Crippen LogP contribution in [0.15, 0.2) is 54.2 Å². The Labute approximate surface area is 155 Å². The molecule has 26 heavy (non-hydrogen) atoms. The highest BCUT2D eigenvalue weighted by Crippen LogP contribution is 2.37. The predicted octanol–water partition coefficient (Wildman–Crippen LogP) is 4.68. The van der Waals surface area contributed by atoms with Crippen LogP contribution in [0.4, 0.5) is 5.82 Å². The smallest absolute Gasteiger partial charge is 0.139 e. The molecular formula is C20H18N4OS. The van der Waals surface area contributed by atoms with Crippen molar-refractivity contribution in [3.8, 4) is 16.9 Å². The molecule has 0 atom stereocenters. The molecule has 0 saturated carbocycles. The number of methoxy groups -OCH3 is 1. The molecule has 0 unspecified atom stereocenters. The summed E-state index contributed by atoms with van der Waals surface area (Å²) in [4.78, 5) is 14.3. The van der Waals surface area contributed by atoms with E-state index < -0.39 is 0 Å². The van der Waals surface area contributed by atoms with Crippen LogP contribution in [0.3, 0.4) is 0 Å². The molecule has 5 nitrogen and oxygen atoms in total. The summed E-state index contributed by atoms with van der Waals surface area (Å²) in [6.45, 7) is 2.61. The summed E-state index contributed by atoms with van der Waals surface area (Å²) in [5.74, 6) is 2.46. The summed E-state index contributed by atoms with van der Waals surface area (Å²) in [6, 6.07) is 12.1. The fourth-order valence-electron chi connectivity index (χ4n) is 2.85. The fraction of sp³-hybridized carbons (Fsp3) is 0.150. The SMILES string of the molecule is COc1ccc(-c2csc3nc(C)nc(NCc4ccncc4)c23)cc1. The molecule has 0 saturated heterocycles. The lowest BCUT2D eigenvalue weighted by atomic mass is 10.1. The Kier molecular flexibility index (Phi) is 4.50. The van der Waals surface area contributed by atoms with Crippen molar-refractivity contribution < 1.29 is 4.74 Å². The van der Waals surface area contributed by atoms with Crippen molar-refractivity contribution in [2.75, 3.05) is 12.4 Å². The van der Waals surface area contributed by atoms with Crippen molar-refractivity contribution in [2.45, 2.75) is 13.5 Å². The van der Waals surface area contributed by atoms with E-state index in [1.807, 2.05) is 31.2 Å². The molecule has 0 amide bonds. The number of thiophene rings is 1. The van der Waals surface area contributed by atoms with Gasteiger partial charge in [-0.1, -0.05) is 12.1 Å². The monoisotopic (exact) mass is 362 g/mol. The second kappa shape index (κ2) is 7.09. The Hall–Kier alpha value is -2.99. The van der Waals surface area contributed by atoms with E-state index in [1.54, 1.807) is 30.8 Å². The molecule has 3 heterocycles. The highest BCUT2D eigenvalue weighted by Gasteiger charge is 2.14. The molecule has 0 aliphatic carbocycles. The summed E-state index contributed by atoms with van der Waals surface area (Å²) in [6.07, 6.45) is 3.59. The van der Waals surface area contributed by atoms with Crippen LogP contribution >= 0.6 is 11.3 Å². The van der Waals surface area contributed by atoms with Crippen LogP contribution in [0.1, 0.15) is 11.4 Å². The largest absolute Gasteiger partial charge is 0.497 e. The average Bonchev–Trinajstić information content (AvgIpc) is 3.11. The van der Waals surface area contributed by atoms with E-state index in [-0.39, 0.29) is 0 Å². The zero-order valence-corrected chi connectivity index (χ0v) is 15.4. The van der Waals surface area contributed by atoms with Gasteiger partial charge in [-0.15, -0.1) is 11.3 Å². The van der Waals surface area contributed by atoms with Crippen LogP contribution in [-0.4, -0.2) is 22.1 Å². The molecule has 1 aromatic carbocycles. The lowest BCUT2D eigenvalue weighted by molar-refractivity contribution is 0.415. The van der Waals surface area contributed by atoms with Gasteiger partial charge in [-0.2, -0.15) is 0 Å². The zero-order chi connectivity index (χ0) is 17.9. The van der Waals surface area contributed by atoms with E-state index in [1.165, 1.54) is 0 Å². The van der Waals surface area contributed by atoms with Crippen molar-refractivity contribution in [3.63, 3.8) is 0 Å². The molecule has 130 valence electrons. The van der Waals surface area contributed by atoms with Crippen molar-refractivity contribution >= 4 is 27.4 Å². The quantitative estimate of drug-likeness (QED) is 0.558. The lowest BCUT2D eigenvalue weighted by Crippen LogP contribution is -2.04. The van der Waals surface area contributed by atoms with Gasteiger partial charge in [0, 0.05) is 29.9 Å². The Morgan fingerprint density at radius 1 is 1.04 bits per heavy atom. The Bertz CT molecular complexity index is 1030. The number of nitrogens with zero attached hydrogens (tertiary/aromatic N) is 3. The molecule has 6 heteroatoms. The highest BCUT2D eigenvalue weighted by molar-refractivity contribution is 7.17. The Morgan fingerprint density at radius 3 is 2.54 bits per heavy atom. The second-order valence-corrected chi connectivity index (χ2v) is 6.74. The predicted molar refractivity (Wildman–Crippen MR) is 106 cm³/mol. The number of hydrogen-bond donors (Lipinski definition) is 1. The van der Waals surface area contributed by atoms with E-state index >= 15 is 0 Å². The number of fused-ring (bicyclic) bond motifs is 1. The highest BCUT2D eigenvalue weighted by atomic mass is 32.1. The summed E-state index contributed by atoms with van der Waals surface area (Å²) >= 11 is 1.64. The van der Waals surface area contributed by atoms with Gasteiger partial charge in [0.1, 0.15) is 22.2 Å². The van der Waals surface area contributed by atoms with Gasteiger partial charge in [-0.3, -0.25) is 4.98 Å². The third-order valence-electron chi connectivity index (χ3n) is 4.16. The van der Waals surface area contributed by atoms with Crippen molar-refractivity contribution in [3.05, 3.63) is 65.6 Å². The number of rotatable bonds is 5. The van der Waals surface area contributed by atoms with Gasteiger partial charge in [0.15, 0.2) is 0 Å². The standard InChI is InChI=1S/C20H18N4OS/c1-13-23-19(22-11-14-7-9-21-10-8-14)18-17(12-26-20(18)24-13)15-3-5-16(25-2)6-4-15/h3-10,12H,11H2,1-2H3,(H,22,23,24). The zero-order valence-electron chi connectivity index (χ0n) is 14.6. The molecule has 4 rings (SSSR count). The van der Waals surface area contributed by atoms with E-state index in [0.29, 0.717) is 6.54 Å². The van der Waals surface area contributed by atoms with Gasteiger partial charge in [0.2, 0.25) is 0 Å². The maximum Gasteiger partial charge on any atom is 0.139 e. The average molecular weight is 362 g/mol. The first-order valence-corrected chi connectivity index (χ1v) is 9.15. The molecule has 0 spiro atoms. The number of aryl methyl sites for hydroxylation is 1. The first-order valence-electron chi connectivity index (χ1n) is 8.27. The number of anilines is 1. The minimum atomic E-state index is 0.686. The van der Waals surface area contributed by atoms with Crippen LogP contribution in [0.5, 0.6) is 5.75 Å². The van der Waals surface area contributed by atoms with Crippen LogP contribution in [-0.2, 0) is 6.54 Å². The van der Waals surface area contributed by atoms with E-state index in [2.05, 4.69) is 37.8 Å². The topological polar surface area (TPSA) is 59.9 Å². The Balaban J connectivity index is 1.75. The van der Waals surface area contributed by atoms with Gasteiger partial charge in [-0.25, -0.2) is 9.97 Å². The molecule has 0 aliphatic heterocycles. The summed E-state index contributed by atoms with van der Waals surface area (Å²) in [5.41, 5.74) is 3.41. The number of ether oxygens (including phenoxy) is 1. The molecule has 0 bridgehead atoms. The first-order chi connectivity index (χ1) is 12.7. The molecule has 4 aromatic rings. The third-order valence-corrected chi connectivity index (χ3v) is 5.03. The summed E-state index contributed by atoms with van der Waals surface area (Å²) in [7, 11) is 1.67. The second-order valence-electron chi connectivity index (χ2n) is 5.89. The van der Waals surface area contributed by atoms with Crippen LogP contribution in [0.25, 0.3) is 21.3 Å². The van der Waals surface area contributed by atoms with E-state index in [9.17, 15) is 0 Å². The van der Waals surface area contributed by atoms with Gasteiger partial charge in [0.05, 0.1) is 12.5 Å². The molecule has 0 radical (unpaired) electrons. The summed E-state index contributed by atoms with van der Waals surface area (Å²) in [5, 5.41) is 6.66. The minimum absolute atomic E-state index is 0.686. The normalized spacial score (nSPS) is 10.8. The van der Waals surface area contributed by atoms with Crippen LogP contribution in [0, 0.1) is 6.92 Å². The van der Waals surface area contributed by atoms with Crippen molar-refractivity contribution in [1.29, 1.82) is 0 Å². The van der Waals surface area contributed by atoms with Crippen LogP contribution in [0.2, 0.25) is 0 Å². The van der Waals surface area contributed by atoms with Crippen molar-refractivity contribution in [1.82, 2.24) is 15.0 Å². The maximum absolute atomic E-state index is 5.26.